The molecule has 2 aromatic carbocycles. The summed E-state index contributed by atoms with van der Waals surface area (Å²) in [4.78, 5) is 6.91. The number of methoxy groups -OCH3 is 2. The Labute approximate surface area is 201 Å². The molecule has 1 aromatic heterocycles. The molecular formula is C21H21Cl2N3O4S2. The Kier molecular flexibility index (Phi) is 6.83. The molecule has 32 heavy (non-hydrogen) atoms. The summed E-state index contributed by atoms with van der Waals surface area (Å²) in [6.07, 6.45) is 0. The van der Waals surface area contributed by atoms with Crippen LogP contribution in [0.1, 0.15) is 0 Å². The molecule has 2 heterocycles. The minimum atomic E-state index is -3.70. The molecule has 170 valence electrons. The number of ether oxygens (including phenoxy) is 2. The van der Waals surface area contributed by atoms with Crippen LogP contribution in [0.15, 0.2) is 46.7 Å². The first kappa shape index (κ1) is 23.1. The van der Waals surface area contributed by atoms with E-state index in [2.05, 4.69) is 4.90 Å². The van der Waals surface area contributed by atoms with E-state index >= 15 is 0 Å². The van der Waals surface area contributed by atoms with Crippen LogP contribution in [0, 0.1) is 0 Å². The fourth-order valence-electron chi connectivity index (χ4n) is 3.49. The monoisotopic (exact) mass is 513 g/mol. The van der Waals surface area contributed by atoms with Crippen molar-refractivity contribution >= 4 is 49.7 Å². The molecule has 1 aliphatic rings. The lowest BCUT2D eigenvalue weighted by Crippen LogP contribution is -2.48. The quantitative estimate of drug-likeness (QED) is 0.477. The van der Waals surface area contributed by atoms with E-state index in [0.717, 1.165) is 16.4 Å². The molecular weight excluding hydrogens is 493 g/mol. The Morgan fingerprint density at radius 3 is 2.41 bits per heavy atom. The second-order valence-electron chi connectivity index (χ2n) is 7.05. The summed E-state index contributed by atoms with van der Waals surface area (Å²) >= 11 is 13.5. The van der Waals surface area contributed by atoms with E-state index in [1.165, 1.54) is 33.8 Å². The van der Waals surface area contributed by atoms with Gasteiger partial charge in [0.2, 0.25) is 10.0 Å². The molecule has 0 radical (unpaired) electrons. The van der Waals surface area contributed by atoms with Gasteiger partial charge in [-0.2, -0.15) is 4.31 Å². The van der Waals surface area contributed by atoms with Crippen molar-refractivity contribution < 1.29 is 17.9 Å². The molecule has 1 saturated heterocycles. The standard InChI is InChI=1S/C21H21Cl2N3O4S2/c1-29-15-4-5-16(19(12-15)30-2)18-13-31-21(24-18)25-7-9-26(10-8-25)32(27,28)20-6-3-14(22)11-17(20)23/h3-6,11-13H,7-10H2,1-2H3. The number of sulfonamides is 1. The number of thiazole rings is 1. The SMILES string of the molecule is COc1ccc(-c2csc(N3CCN(S(=O)(=O)c4ccc(Cl)cc4Cl)CC3)n2)c(OC)c1. The van der Waals surface area contributed by atoms with Crippen molar-refractivity contribution in [2.75, 3.05) is 45.3 Å². The summed E-state index contributed by atoms with van der Waals surface area (Å²) in [6, 6.07) is 10.0. The van der Waals surface area contributed by atoms with Crippen LogP contribution in [-0.2, 0) is 10.0 Å². The third-order valence-corrected chi connectivity index (χ3v) is 8.72. The molecule has 0 aliphatic carbocycles. The average Bonchev–Trinajstić information content (AvgIpc) is 3.28. The Bertz CT molecular complexity index is 1230. The van der Waals surface area contributed by atoms with E-state index in [0.29, 0.717) is 42.7 Å². The first-order chi connectivity index (χ1) is 15.3. The topological polar surface area (TPSA) is 72.0 Å². The molecule has 0 N–H and O–H groups in total. The lowest BCUT2D eigenvalue weighted by atomic mass is 10.1. The number of halogens is 2. The smallest absolute Gasteiger partial charge is 0.244 e. The first-order valence-electron chi connectivity index (χ1n) is 9.71. The molecule has 0 amide bonds. The van der Waals surface area contributed by atoms with Crippen molar-refractivity contribution in [3.8, 4) is 22.8 Å². The van der Waals surface area contributed by atoms with Crippen molar-refractivity contribution in [3.63, 3.8) is 0 Å². The zero-order chi connectivity index (χ0) is 22.9. The van der Waals surface area contributed by atoms with Crippen molar-refractivity contribution in [1.82, 2.24) is 9.29 Å². The Balaban J connectivity index is 1.48. The summed E-state index contributed by atoms with van der Waals surface area (Å²) in [5.74, 6) is 1.39. The molecule has 3 aromatic rings. The molecule has 1 aliphatic heterocycles. The normalized spacial score (nSPS) is 15.1. The number of hydrogen-bond donors (Lipinski definition) is 0. The molecule has 11 heteroatoms. The van der Waals surface area contributed by atoms with Crippen molar-refractivity contribution in [2.24, 2.45) is 0 Å². The van der Waals surface area contributed by atoms with Crippen LogP contribution in [0.3, 0.4) is 0 Å². The van der Waals surface area contributed by atoms with Crippen LogP contribution in [-0.4, -0.2) is 58.1 Å². The van der Waals surface area contributed by atoms with Gasteiger partial charge in [0.15, 0.2) is 5.13 Å². The molecule has 0 bridgehead atoms. The van der Waals surface area contributed by atoms with Gasteiger partial charge in [-0.1, -0.05) is 23.2 Å². The van der Waals surface area contributed by atoms with Gasteiger partial charge in [0.05, 0.1) is 24.9 Å². The highest BCUT2D eigenvalue weighted by Crippen LogP contribution is 2.36. The molecule has 7 nitrogen and oxygen atoms in total. The van der Waals surface area contributed by atoms with Crippen molar-refractivity contribution in [3.05, 3.63) is 51.8 Å². The van der Waals surface area contributed by atoms with E-state index in [9.17, 15) is 8.42 Å². The Morgan fingerprint density at radius 1 is 1.00 bits per heavy atom. The molecule has 0 unspecified atom stereocenters. The zero-order valence-corrected chi connectivity index (χ0v) is 20.6. The number of nitrogens with zero attached hydrogens (tertiary/aromatic N) is 3. The van der Waals surface area contributed by atoms with Gasteiger partial charge in [0, 0.05) is 48.2 Å². The predicted molar refractivity (Wildman–Crippen MR) is 128 cm³/mol. The summed E-state index contributed by atoms with van der Waals surface area (Å²) in [7, 11) is -0.481. The van der Waals surface area contributed by atoms with Gasteiger partial charge in [0.1, 0.15) is 16.4 Å². The lowest BCUT2D eigenvalue weighted by molar-refractivity contribution is 0.384. The number of benzene rings is 2. The van der Waals surface area contributed by atoms with Gasteiger partial charge in [-0.05, 0) is 30.3 Å². The molecule has 4 rings (SSSR count). The van der Waals surface area contributed by atoms with Gasteiger partial charge >= 0.3 is 0 Å². The second-order valence-corrected chi connectivity index (χ2v) is 10.6. The Morgan fingerprint density at radius 2 is 1.75 bits per heavy atom. The minimum Gasteiger partial charge on any atom is -0.497 e. The average molecular weight is 514 g/mol. The van der Waals surface area contributed by atoms with Crippen molar-refractivity contribution in [1.29, 1.82) is 0 Å². The van der Waals surface area contributed by atoms with Gasteiger partial charge in [-0.3, -0.25) is 0 Å². The highest BCUT2D eigenvalue weighted by Gasteiger charge is 2.31. The van der Waals surface area contributed by atoms with Crippen LogP contribution < -0.4 is 14.4 Å². The summed E-state index contributed by atoms with van der Waals surface area (Å²) in [5.41, 5.74) is 1.67. The number of aromatic nitrogens is 1. The van der Waals surface area contributed by atoms with Crippen LogP contribution >= 0.6 is 34.5 Å². The van der Waals surface area contributed by atoms with Crippen molar-refractivity contribution in [2.45, 2.75) is 4.90 Å². The molecule has 0 saturated carbocycles. The number of anilines is 1. The Hall–Kier alpha value is -2.04. The first-order valence-corrected chi connectivity index (χ1v) is 12.8. The summed E-state index contributed by atoms with van der Waals surface area (Å²) in [5, 5.41) is 3.32. The van der Waals surface area contributed by atoms with E-state index in [4.69, 9.17) is 37.7 Å². The van der Waals surface area contributed by atoms with E-state index in [-0.39, 0.29) is 9.92 Å². The van der Waals surface area contributed by atoms with Crippen LogP contribution in [0.5, 0.6) is 11.5 Å². The van der Waals surface area contributed by atoms with Gasteiger partial charge in [-0.15, -0.1) is 11.3 Å². The zero-order valence-electron chi connectivity index (χ0n) is 17.4. The van der Waals surface area contributed by atoms with Crippen LogP contribution in [0.2, 0.25) is 10.0 Å². The van der Waals surface area contributed by atoms with E-state index in [1.807, 2.05) is 23.6 Å². The minimum absolute atomic E-state index is 0.0696. The maximum absolute atomic E-state index is 13.0. The third-order valence-electron chi connectivity index (χ3n) is 5.20. The molecule has 1 fully saturated rings. The molecule has 0 spiro atoms. The van der Waals surface area contributed by atoms with Crippen LogP contribution in [0.25, 0.3) is 11.3 Å². The fraction of sp³-hybridized carbons (Fsp3) is 0.286. The second kappa shape index (κ2) is 9.44. The van der Waals surface area contributed by atoms with Gasteiger partial charge < -0.3 is 14.4 Å². The summed E-state index contributed by atoms with van der Waals surface area (Å²) < 4.78 is 38.2. The number of hydrogen-bond acceptors (Lipinski definition) is 7. The largest absolute Gasteiger partial charge is 0.497 e. The van der Waals surface area contributed by atoms with Crippen LogP contribution in [0.4, 0.5) is 5.13 Å². The third kappa shape index (κ3) is 4.53. The summed E-state index contributed by atoms with van der Waals surface area (Å²) in [6.45, 7) is 1.72. The van der Waals surface area contributed by atoms with Gasteiger partial charge in [0.25, 0.3) is 0 Å². The number of piperazine rings is 1. The fourth-order valence-corrected chi connectivity index (χ4v) is 6.53. The highest BCUT2D eigenvalue weighted by molar-refractivity contribution is 7.89. The number of rotatable bonds is 6. The highest BCUT2D eigenvalue weighted by atomic mass is 35.5. The van der Waals surface area contributed by atoms with Gasteiger partial charge in [-0.25, -0.2) is 13.4 Å². The molecule has 0 atom stereocenters. The maximum atomic E-state index is 13.0. The lowest BCUT2D eigenvalue weighted by Gasteiger charge is -2.33. The van der Waals surface area contributed by atoms with E-state index < -0.39 is 10.0 Å². The maximum Gasteiger partial charge on any atom is 0.244 e. The predicted octanol–water partition coefficient (Wildman–Crippen LogP) is 4.65. The van der Waals surface area contributed by atoms with E-state index in [1.54, 1.807) is 14.2 Å².